The normalized spacial score (nSPS) is 10.9. The van der Waals surface area contributed by atoms with E-state index in [9.17, 15) is 4.79 Å². The molecule has 0 saturated carbocycles. The number of ether oxygens (including phenoxy) is 1. The summed E-state index contributed by atoms with van der Waals surface area (Å²) in [6.45, 7) is 6.30. The first-order valence-corrected chi connectivity index (χ1v) is 7.25. The molecule has 5 heteroatoms. The van der Waals surface area contributed by atoms with Gasteiger partial charge < -0.3 is 15.8 Å². The molecule has 0 spiro atoms. The predicted molar refractivity (Wildman–Crippen MR) is 85.2 cm³/mol. The van der Waals surface area contributed by atoms with Crippen molar-refractivity contribution in [2.24, 2.45) is 5.73 Å². The average molecular weight is 294 g/mol. The van der Waals surface area contributed by atoms with E-state index in [2.05, 4.69) is 5.32 Å². The van der Waals surface area contributed by atoms with Gasteiger partial charge in [0.25, 0.3) is 5.91 Å². The average Bonchev–Trinajstić information content (AvgIpc) is 2.45. The zero-order chi connectivity index (χ0) is 15.2. The Bertz CT molecular complexity index is 485. The highest BCUT2D eigenvalue weighted by Crippen LogP contribution is 2.21. The molecule has 0 aliphatic carbocycles. The van der Waals surface area contributed by atoms with Crippen molar-refractivity contribution in [2.75, 3.05) is 6.61 Å². The highest BCUT2D eigenvalue weighted by molar-refractivity contribution is 7.80. The van der Waals surface area contributed by atoms with E-state index in [0.29, 0.717) is 35.7 Å². The van der Waals surface area contributed by atoms with Crippen LogP contribution >= 0.6 is 12.2 Å². The molecule has 4 nitrogen and oxygen atoms in total. The van der Waals surface area contributed by atoms with Gasteiger partial charge in [0.15, 0.2) is 0 Å². The van der Waals surface area contributed by atoms with Crippen LogP contribution in [0.3, 0.4) is 0 Å². The van der Waals surface area contributed by atoms with Crippen molar-refractivity contribution in [2.45, 2.75) is 39.2 Å². The maximum atomic E-state index is 12.5. The van der Waals surface area contributed by atoms with E-state index < -0.39 is 5.54 Å². The summed E-state index contributed by atoms with van der Waals surface area (Å²) in [4.78, 5) is 12.8. The summed E-state index contributed by atoms with van der Waals surface area (Å²) in [7, 11) is 0. The van der Waals surface area contributed by atoms with Crippen molar-refractivity contribution in [3.63, 3.8) is 0 Å². The van der Waals surface area contributed by atoms with Gasteiger partial charge in [0.2, 0.25) is 0 Å². The van der Waals surface area contributed by atoms with E-state index in [1.54, 1.807) is 18.2 Å². The minimum Gasteiger partial charge on any atom is -0.493 e. The number of rotatable bonds is 7. The zero-order valence-corrected chi connectivity index (χ0v) is 13.0. The standard InChI is InChI=1S/C15H22N2O2S/c1-4-15(5-2,14(16)20)17-13(18)11-9-7-8-10-12(11)19-6-3/h7-10H,4-6H2,1-3H3,(H2,16,20)(H,17,18). The van der Waals surface area contributed by atoms with Gasteiger partial charge in [-0.25, -0.2) is 0 Å². The lowest BCUT2D eigenvalue weighted by molar-refractivity contribution is 0.0916. The van der Waals surface area contributed by atoms with Crippen LogP contribution in [-0.2, 0) is 0 Å². The Morgan fingerprint density at radius 1 is 1.30 bits per heavy atom. The molecule has 0 aromatic heterocycles. The van der Waals surface area contributed by atoms with Crippen LogP contribution in [0, 0.1) is 0 Å². The molecule has 0 saturated heterocycles. The summed E-state index contributed by atoms with van der Waals surface area (Å²) < 4.78 is 5.48. The van der Waals surface area contributed by atoms with Crippen molar-refractivity contribution >= 4 is 23.1 Å². The zero-order valence-electron chi connectivity index (χ0n) is 12.2. The number of carbonyl (C=O) groups excluding carboxylic acids is 1. The van der Waals surface area contributed by atoms with E-state index in [-0.39, 0.29) is 5.91 Å². The van der Waals surface area contributed by atoms with Gasteiger partial charge in [0.05, 0.1) is 22.7 Å². The molecule has 3 N–H and O–H groups in total. The number of amides is 1. The van der Waals surface area contributed by atoms with Crippen LogP contribution in [0.4, 0.5) is 0 Å². The van der Waals surface area contributed by atoms with Crippen LogP contribution in [0.1, 0.15) is 44.0 Å². The van der Waals surface area contributed by atoms with Gasteiger partial charge in [-0.1, -0.05) is 38.2 Å². The Kier molecular flexibility index (Phi) is 5.95. The number of thiocarbonyl (C=S) groups is 1. The summed E-state index contributed by atoms with van der Waals surface area (Å²) in [6.07, 6.45) is 1.31. The van der Waals surface area contributed by atoms with Crippen LogP contribution in [0.15, 0.2) is 24.3 Å². The van der Waals surface area contributed by atoms with Crippen LogP contribution in [-0.4, -0.2) is 23.0 Å². The lowest BCUT2D eigenvalue weighted by Gasteiger charge is -2.31. The Balaban J connectivity index is 3.04. The van der Waals surface area contributed by atoms with Gasteiger partial charge in [-0.15, -0.1) is 0 Å². The summed E-state index contributed by atoms with van der Waals surface area (Å²) in [6, 6.07) is 7.15. The molecule has 0 heterocycles. The van der Waals surface area contributed by atoms with Crippen molar-refractivity contribution in [1.82, 2.24) is 5.32 Å². The molecule has 1 aromatic carbocycles. The van der Waals surface area contributed by atoms with Crippen LogP contribution in [0.25, 0.3) is 0 Å². The Morgan fingerprint density at radius 3 is 2.40 bits per heavy atom. The topological polar surface area (TPSA) is 64.3 Å². The fourth-order valence-corrected chi connectivity index (χ4v) is 2.40. The molecule has 0 bridgehead atoms. The first kappa shape index (κ1) is 16.4. The lowest BCUT2D eigenvalue weighted by atomic mass is 9.92. The van der Waals surface area contributed by atoms with Crippen molar-refractivity contribution in [3.8, 4) is 5.75 Å². The van der Waals surface area contributed by atoms with Crippen molar-refractivity contribution in [3.05, 3.63) is 29.8 Å². The second-order valence-corrected chi connectivity index (χ2v) is 4.98. The van der Waals surface area contributed by atoms with Crippen molar-refractivity contribution in [1.29, 1.82) is 0 Å². The Labute approximate surface area is 125 Å². The predicted octanol–water partition coefficient (Wildman–Crippen LogP) is 2.66. The number of hydrogen-bond donors (Lipinski definition) is 2. The third-order valence-corrected chi connectivity index (χ3v) is 3.85. The van der Waals surface area contributed by atoms with Gasteiger partial charge in [-0.2, -0.15) is 0 Å². The summed E-state index contributed by atoms with van der Waals surface area (Å²) in [5.41, 5.74) is 5.65. The van der Waals surface area contributed by atoms with Crippen LogP contribution in [0.2, 0.25) is 0 Å². The fraction of sp³-hybridized carbons (Fsp3) is 0.467. The number of nitrogens with one attached hydrogen (secondary N) is 1. The molecule has 0 fully saturated rings. The number of carbonyl (C=O) groups is 1. The van der Waals surface area contributed by atoms with Crippen LogP contribution in [0.5, 0.6) is 5.75 Å². The Morgan fingerprint density at radius 2 is 1.90 bits per heavy atom. The Hall–Kier alpha value is -1.62. The number of hydrogen-bond acceptors (Lipinski definition) is 3. The first-order valence-electron chi connectivity index (χ1n) is 6.85. The summed E-state index contributed by atoms with van der Waals surface area (Å²) in [5.74, 6) is 0.349. The van der Waals surface area contributed by atoms with E-state index in [4.69, 9.17) is 22.7 Å². The van der Waals surface area contributed by atoms with Gasteiger partial charge in [-0.05, 0) is 31.9 Å². The van der Waals surface area contributed by atoms with Crippen molar-refractivity contribution < 1.29 is 9.53 Å². The molecule has 20 heavy (non-hydrogen) atoms. The molecule has 110 valence electrons. The van der Waals surface area contributed by atoms with E-state index in [1.807, 2.05) is 26.8 Å². The molecule has 1 amide bonds. The minimum absolute atomic E-state index is 0.217. The smallest absolute Gasteiger partial charge is 0.255 e. The monoisotopic (exact) mass is 294 g/mol. The largest absolute Gasteiger partial charge is 0.493 e. The molecule has 0 aliphatic heterocycles. The minimum atomic E-state index is -0.647. The quantitative estimate of drug-likeness (QED) is 0.759. The van der Waals surface area contributed by atoms with Crippen LogP contribution < -0.4 is 15.8 Å². The van der Waals surface area contributed by atoms with E-state index in [1.165, 1.54) is 0 Å². The van der Waals surface area contributed by atoms with Gasteiger partial charge >= 0.3 is 0 Å². The van der Waals surface area contributed by atoms with E-state index >= 15 is 0 Å². The molecule has 0 radical (unpaired) electrons. The first-order chi connectivity index (χ1) is 9.50. The molecule has 0 unspecified atom stereocenters. The molecule has 1 aromatic rings. The second-order valence-electron chi connectivity index (χ2n) is 4.54. The van der Waals surface area contributed by atoms with Gasteiger partial charge in [-0.3, -0.25) is 4.79 Å². The maximum Gasteiger partial charge on any atom is 0.255 e. The molecular weight excluding hydrogens is 272 g/mol. The lowest BCUT2D eigenvalue weighted by Crippen LogP contribution is -2.56. The second kappa shape index (κ2) is 7.24. The molecule has 0 atom stereocenters. The number of benzene rings is 1. The summed E-state index contributed by atoms with van der Waals surface area (Å²) in [5, 5.41) is 2.96. The molecule has 0 aliphatic rings. The summed E-state index contributed by atoms with van der Waals surface area (Å²) >= 11 is 5.11. The van der Waals surface area contributed by atoms with Gasteiger partial charge in [0, 0.05) is 0 Å². The highest BCUT2D eigenvalue weighted by atomic mass is 32.1. The van der Waals surface area contributed by atoms with E-state index in [0.717, 1.165) is 0 Å². The third kappa shape index (κ3) is 3.48. The number of para-hydroxylation sites is 1. The number of nitrogens with two attached hydrogens (primary N) is 1. The van der Waals surface area contributed by atoms with Gasteiger partial charge in [0.1, 0.15) is 5.75 Å². The third-order valence-electron chi connectivity index (χ3n) is 3.46. The molecular formula is C15H22N2O2S. The SMILES string of the molecule is CCOc1ccccc1C(=O)NC(CC)(CC)C(N)=S. The molecule has 1 rings (SSSR count). The highest BCUT2D eigenvalue weighted by Gasteiger charge is 2.32. The maximum absolute atomic E-state index is 12.5. The fourth-order valence-electron chi connectivity index (χ4n) is 2.06.